The van der Waals surface area contributed by atoms with E-state index in [1.807, 2.05) is 32.0 Å². The van der Waals surface area contributed by atoms with Gasteiger partial charge < -0.3 is 14.5 Å². The number of rotatable bonds is 2. The number of nitrogens with zero attached hydrogens (tertiary/aromatic N) is 4. The molecule has 0 spiro atoms. The molecule has 0 amide bonds. The molecule has 88 valence electrons. The minimum Gasteiger partial charge on any atom is -0.378 e. The number of morpholine rings is 1. The Hall–Kier alpha value is -1.36. The average Bonchev–Trinajstić information content (AvgIpc) is 2.29. The summed E-state index contributed by atoms with van der Waals surface area (Å²) in [6.45, 7) is 5.26. The highest BCUT2D eigenvalue weighted by Crippen LogP contribution is 2.16. The first-order chi connectivity index (χ1) is 7.66. The van der Waals surface area contributed by atoms with E-state index < -0.39 is 0 Å². The Balaban J connectivity index is 2.25. The third-order valence-corrected chi connectivity index (χ3v) is 2.58. The van der Waals surface area contributed by atoms with E-state index in [-0.39, 0.29) is 0 Å². The first-order valence-corrected chi connectivity index (χ1v) is 5.52. The monoisotopic (exact) mass is 222 g/mol. The van der Waals surface area contributed by atoms with Gasteiger partial charge in [0.05, 0.1) is 13.2 Å². The Kier molecular flexibility index (Phi) is 3.24. The molecule has 2 heterocycles. The maximum atomic E-state index is 5.32. The highest BCUT2D eigenvalue weighted by atomic mass is 16.5. The fraction of sp³-hybridized carbons (Fsp3) is 0.636. The molecule has 1 aliphatic heterocycles. The van der Waals surface area contributed by atoms with Crippen molar-refractivity contribution in [1.82, 2.24) is 9.97 Å². The van der Waals surface area contributed by atoms with Gasteiger partial charge in [-0.15, -0.1) is 0 Å². The van der Waals surface area contributed by atoms with Gasteiger partial charge in [-0.05, 0) is 6.92 Å². The van der Waals surface area contributed by atoms with Crippen molar-refractivity contribution >= 4 is 11.8 Å². The quantitative estimate of drug-likeness (QED) is 0.736. The fourth-order valence-electron chi connectivity index (χ4n) is 1.67. The molecule has 1 aliphatic rings. The second-order valence-corrected chi connectivity index (χ2v) is 4.16. The molecule has 5 nitrogen and oxygen atoms in total. The van der Waals surface area contributed by atoms with Gasteiger partial charge in [0, 0.05) is 38.9 Å². The summed E-state index contributed by atoms with van der Waals surface area (Å²) in [7, 11) is 3.98. The molecule has 0 unspecified atom stereocenters. The number of aryl methyl sites for hydroxylation is 1. The van der Waals surface area contributed by atoms with E-state index in [2.05, 4.69) is 14.9 Å². The molecular formula is C11H18N4O. The largest absolute Gasteiger partial charge is 0.378 e. The molecule has 0 radical (unpaired) electrons. The van der Waals surface area contributed by atoms with E-state index in [1.54, 1.807) is 0 Å². The van der Waals surface area contributed by atoms with Gasteiger partial charge in [0.1, 0.15) is 5.82 Å². The lowest BCUT2D eigenvalue weighted by atomic mass is 10.4. The van der Waals surface area contributed by atoms with Crippen LogP contribution in [0.25, 0.3) is 0 Å². The third-order valence-electron chi connectivity index (χ3n) is 2.58. The number of hydrogen-bond acceptors (Lipinski definition) is 5. The number of anilines is 2. The lowest BCUT2D eigenvalue weighted by molar-refractivity contribution is 0.122. The minimum atomic E-state index is 0.759. The zero-order chi connectivity index (χ0) is 11.5. The summed E-state index contributed by atoms with van der Waals surface area (Å²) < 4.78 is 5.32. The van der Waals surface area contributed by atoms with Crippen LogP contribution in [0, 0.1) is 6.92 Å². The molecule has 0 bridgehead atoms. The molecule has 0 aliphatic carbocycles. The molecule has 0 aromatic carbocycles. The van der Waals surface area contributed by atoms with Gasteiger partial charge in [0.15, 0.2) is 0 Å². The van der Waals surface area contributed by atoms with Crippen LogP contribution in [0.2, 0.25) is 0 Å². The van der Waals surface area contributed by atoms with E-state index in [0.717, 1.165) is 43.8 Å². The normalized spacial score (nSPS) is 16.3. The Morgan fingerprint density at radius 3 is 2.56 bits per heavy atom. The van der Waals surface area contributed by atoms with Gasteiger partial charge in [-0.2, -0.15) is 4.98 Å². The topological polar surface area (TPSA) is 41.5 Å². The first-order valence-electron chi connectivity index (χ1n) is 5.52. The van der Waals surface area contributed by atoms with Gasteiger partial charge >= 0.3 is 0 Å². The van der Waals surface area contributed by atoms with Gasteiger partial charge in [0.25, 0.3) is 0 Å². The lowest BCUT2D eigenvalue weighted by Crippen LogP contribution is -2.37. The van der Waals surface area contributed by atoms with Crippen molar-refractivity contribution in [2.75, 3.05) is 50.2 Å². The van der Waals surface area contributed by atoms with Crippen LogP contribution in [0.3, 0.4) is 0 Å². The maximum absolute atomic E-state index is 5.32. The van der Waals surface area contributed by atoms with Crippen molar-refractivity contribution in [2.24, 2.45) is 0 Å². The molecule has 5 heteroatoms. The molecule has 1 fully saturated rings. The number of ether oxygens (including phenoxy) is 1. The molecule has 1 aromatic heterocycles. The Bertz CT molecular complexity index is 361. The zero-order valence-electron chi connectivity index (χ0n) is 10.1. The molecule has 0 N–H and O–H groups in total. The van der Waals surface area contributed by atoms with Gasteiger partial charge in [-0.25, -0.2) is 4.98 Å². The summed E-state index contributed by atoms with van der Waals surface area (Å²) >= 11 is 0. The van der Waals surface area contributed by atoms with Crippen LogP contribution < -0.4 is 9.80 Å². The van der Waals surface area contributed by atoms with E-state index in [0.29, 0.717) is 0 Å². The summed E-state index contributed by atoms with van der Waals surface area (Å²) in [5.74, 6) is 1.76. The molecule has 2 rings (SSSR count). The van der Waals surface area contributed by atoms with E-state index in [4.69, 9.17) is 4.74 Å². The molecular weight excluding hydrogens is 204 g/mol. The Morgan fingerprint density at radius 2 is 1.94 bits per heavy atom. The molecule has 0 saturated carbocycles. The summed E-state index contributed by atoms with van der Waals surface area (Å²) in [6.07, 6.45) is 0. The van der Waals surface area contributed by atoms with E-state index in [1.165, 1.54) is 0 Å². The highest BCUT2D eigenvalue weighted by Gasteiger charge is 2.15. The maximum Gasteiger partial charge on any atom is 0.227 e. The molecule has 1 saturated heterocycles. The van der Waals surface area contributed by atoms with Crippen molar-refractivity contribution in [3.63, 3.8) is 0 Å². The van der Waals surface area contributed by atoms with Crippen molar-refractivity contribution in [3.05, 3.63) is 11.8 Å². The SMILES string of the molecule is Cc1cc(N(C)C)nc(N2CCOCC2)n1. The predicted octanol–water partition coefficient (Wildman–Crippen LogP) is 0.688. The summed E-state index contributed by atoms with van der Waals surface area (Å²) in [5.41, 5.74) is 1.00. The second-order valence-electron chi connectivity index (χ2n) is 4.16. The van der Waals surface area contributed by atoms with Crippen LogP contribution in [0.15, 0.2) is 6.07 Å². The first kappa shape index (κ1) is 11.1. The van der Waals surface area contributed by atoms with Crippen LogP contribution in [0.5, 0.6) is 0 Å². The fourth-order valence-corrected chi connectivity index (χ4v) is 1.67. The van der Waals surface area contributed by atoms with Crippen LogP contribution in [-0.2, 0) is 4.74 Å². The van der Waals surface area contributed by atoms with Gasteiger partial charge in [0.2, 0.25) is 5.95 Å². The van der Waals surface area contributed by atoms with Crippen LogP contribution in [0.1, 0.15) is 5.69 Å². The average molecular weight is 222 g/mol. The summed E-state index contributed by atoms with van der Waals surface area (Å²) in [4.78, 5) is 13.2. The smallest absolute Gasteiger partial charge is 0.227 e. The van der Waals surface area contributed by atoms with Crippen molar-refractivity contribution in [3.8, 4) is 0 Å². The van der Waals surface area contributed by atoms with Crippen molar-refractivity contribution in [1.29, 1.82) is 0 Å². The van der Waals surface area contributed by atoms with Gasteiger partial charge in [-0.3, -0.25) is 0 Å². The van der Waals surface area contributed by atoms with E-state index >= 15 is 0 Å². The standard InChI is InChI=1S/C11H18N4O/c1-9-8-10(14(2)3)13-11(12-9)15-4-6-16-7-5-15/h8H,4-7H2,1-3H3. The molecule has 0 atom stereocenters. The van der Waals surface area contributed by atoms with Crippen molar-refractivity contribution < 1.29 is 4.74 Å². The summed E-state index contributed by atoms with van der Waals surface area (Å²) in [5, 5.41) is 0. The number of aromatic nitrogens is 2. The highest BCUT2D eigenvalue weighted by molar-refractivity contribution is 5.44. The lowest BCUT2D eigenvalue weighted by Gasteiger charge is -2.27. The van der Waals surface area contributed by atoms with Crippen LogP contribution in [-0.4, -0.2) is 50.4 Å². The third kappa shape index (κ3) is 2.41. The number of hydrogen-bond donors (Lipinski definition) is 0. The summed E-state index contributed by atoms with van der Waals surface area (Å²) in [6, 6.07) is 1.99. The molecule has 1 aromatic rings. The predicted molar refractivity (Wildman–Crippen MR) is 64.1 cm³/mol. The van der Waals surface area contributed by atoms with Crippen molar-refractivity contribution in [2.45, 2.75) is 6.92 Å². The van der Waals surface area contributed by atoms with E-state index in [9.17, 15) is 0 Å². The Morgan fingerprint density at radius 1 is 1.25 bits per heavy atom. The second kappa shape index (κ2) is 4.65. The van der Waals surface area contributed by atoms with Crippen LogP contribution in [0.4, 0.5) is 11.8 Å². The minimum absolute atomic E-state index is 0.759. The van der Waals surface area contributed by atoms with Gasteiger partial charge in [-0.1, -0.05) is 0 Å². The van der Waals surface area contributed by atoms with Crippen LogP contribution >= 0.6 is 0 Å². The Labute approximate surface area is 96.1 Å². The molecule has 16 heavy (non-hydrogen) atoms. The zero-order valence-corrected chi connectivity index (χ0v) is 10.1.